The number of pyridine rings is 1. The first kappa shape index (κ1) is 9.68. The molecular formula is C9H13BrN2. The van der Waals surface area contributed by atoms with Gasteiger partial charge in [0.25, 0.3) is 0 Å². The molecule has 0 N–H and O–H groups in total. The third-order valence-electron chi connectivity index (χ3n) is 2.08. The first-order valence-corrected chi connectivity index (χ1v) is 4.06. The van der Waals surface area contributed by atoms with E-state index in [2.05, 4.69) is 16.0 Å². The Bertz CT molecular complexity index is 221. The van der Waals surface area contributed by atoms with Crippen molar-refractivity contribution < 1.29 is 0 Å². The lowest BCUT2D eigenvalue weighted by Gasteiger charge is -2.30. The second-order valence-electron chi connectivity index (χ2n) is 2.99. The van der Waals surface area contributed by atoms with Crippen LogP contribution < -0.4 is 0 Å². The monoisotopic (exact) mass is 228 g/mol. The Labute approximate surface area is 83.4 Å². The molecule has 3 heteroatoms. The van der Waals surface area contributed by atoms with Gasteiger partial charge in [-0.15, -0.1) is 17.0 Å². The van der Waals surface area contributed by atoms with E-state index in [4.69, 9.17) is 0 Å². The van der Waals surface area contributed by atoms with Gasteiger partial charge in [-0.05, 0) is 31.1 Å². The van der Waals surface area contributed by atoms with Gasteiger partial charge >= 0.3 is 0 Å². The standard InChI is InChI=1S/C9H12N2.BrH/c1-3-9(7-10-4-1)8-11-5-2-6-11;/h1,3-4,7H,2,5-6,8H2;1H. The summed E-state index contributed by atoms with van der Waals surface area (Å²) in [7, 11) is 0. The number of aromatic nitrogens is 1. The lowest BCUT2D eigenvalue weighted by atomic mass is 10.2. The minimum Gasteiger partial charge on any atom is -0.299 e. The predicted molar refractivity (Wildman–Crippen MR) is 54.5 cm³/mol. The van der Waals surface area contributed by atoms with Gasteiger partial charge in [0.05, 0.1) is 0 Å². The summed E-state index contributed by atoms with van der Waals surface area (Å²) in [5.74, 6) is 0. The van der Waals surface area contributed by atoms with Gasteiger partial charge in [0.2, 0.25) is 0 Å². The normalized spacial score (nSPS) is 16.3. The zero-order valence-electron chi connectivity index (χ0n) is 6.94. The van der Waals surface area contributed by atoms with Crippen molar-refractivity contribution in [2.75, 3.05) is 13.1 Å². The van der Waals surface area contributed by atoms with E-state index in [1.54, 1.807) is 0 Å². The fraction of sp³-hybridized carbons (Fsp3) is 0.444. The minimum absolute atomic E-state index is 0. The molecule has 0 atom stereocenters. The Morgan fingerprint density at radius 3 is 2.75 bits per heavy atom. The van der Waals surface area contributed by atoms with E-state index in [9.17, 15) is 0 Å². The fourth-order valence-electron chi connectivity index (χ4n) is 1.29. The van der Waals surface area contributed by atoms with Gasteiger partial charge in [0.15, 0.2) is 0 Å². The second kappa shape index (κ2) is 4.58. The number of hydrogen-bond acceptors (Lipinski definition) is 2. The van der Waals surface area contributed by atoms with E-state index in [0.717, 1.165) is 6.54 Å². The lowest BCUT2D eigenvalue weighted by Crippen LogP contribution is -2.36. The molecule has 0 spiro atoms. The highest BCUT2D eigenvalue weighted by atomic mass is 79.9. The van der Waals surface area contributed by atoms with Gasteiger partial charge < -0.3 is 0 Å². The third kappa shape index (κ3) is 2.29. The van der Waals surface area contributed by atoms with Crippen LogP contribution in [0.4, 0.5) is 0 Å². The van der Waals surface area contributed by atoms with E-state index in [0.29, 0.717) is 0 Å². The first-order valence-electron chi connectivity index (χ1n) is 4.06. The average molecular weight is 229 g/mol. The Morgan fingerprint density at radius 2 is 2.25 bits per heavy atom. The zero-order chi connectivity index (χ0) is 7.52. The van der Waals surface area contributed by atoms with Crippen molar-refractivity contribution in [1.82, 2.24) is 9.88 Å². The summed E-state index contributed by atoms with van der Waals surface area (Å²) in [6, 6.07) is 4.13. The van der Waals surface area contributed by atoms with Crippen molar-refractivity contribution in [3.8, 4) is 0 Å². The molecule has 2 nitrogen and oxygen atoms in total. The highest BCUT2D eigenvalue weighted by Gasteiger charge is 2.12. The number of nitrogens with zero attached hydrogens (tertiary/aromatic N) is 2. The molecule has 2 rings (SSSR count). The summed E-state index contributed by atoms with van der Waals surface area (Å²) in [5, 5.41) is 0. The van der Waals surface area contributed by atoms with Gasteiger partial charge in [-0.1, -0.05) is 6.07 Å². The molecule has 1 saturated heterocycles. The Kier molecular flexibility index (Phi) is 3.69. The Hall–Kier alpha value is -0.410. The van der Waals surface area contributed by atoms with Crippen LogP contribution in [0.5, 0.6) is 0 Å². The van der Waals surface area contributed by atoms with Gasteiger partial charge in [0.1, 0.15) is 0 Å². The molecule has 12 heavy (non-hydrogen) atoms. The molecule has 0 bridgehead atoms. The summed E-state index contributed by atoms with van der Waals surface area (Å²) < 4.78 is 0. The van der Waals surface area contributed by atoms with Crippen LogP contribution in [-0.4, -0.2) is 23.0 Å². The van der Waals surface area contributed by atoms with E-state index in [-0.39, 0.29) is 17.0 Å². The predicted octanol–water partition coefficient (Wildman–Crippen LogP) is 1.87. The van der Waals surface area contributed by atoms with Crippen molar-refractivity contribution in [3.05, 3.63) is 30.1 Å². The maximum Gasteiger partial charge on any atom is 0.0312 e. The molecule has 0 radical (unpaired) electrons. The van der Waals surface area contributed by atoms with Crippen molar-refractivity contribution in [2.24, 2.45) is 0 Å². The quantitative estimate of drug-likeness (QED) is 0.769. The molecule has 1 aliphatic heterocycles. The SMILES string of the molecule is Br.c1cncc(CN2CCC2)c1. The third-order valence-corrected chi connectivity index (χ3v) is 2.08. The van der Waals surface area contributed by atoms with E-state index in [1.165, 1.54) is 25.1 Å². The van der Waals surface area contributed by atoms with Gasteiger partial charge in [-0.25, -0.2) is 0 Å². The first-order chi connectivity index (χ1) is 5.45. The highest BCUT2D eigenvalue weighted by molar-refractivity contribution is 8.93. The molecule has 1 aliphatic rings. The minimum atomic E-state index is 0. The summed E-state index contributed by atoms with van der Waals surface area (Å²) in [4.78, 5) is 6.50. The van der Waals surface area contributed by atoms with Crippen LogP contribution in [0.15, 0.2) is 24.5 Å². The molecule has 0 saturated carbocycles. The van der Waals surface area contributed by atoms with E-state index >= 15 is 0 Å². The second-order valence-corrected chi connectivity index (χ2v) is 2.99. The van der Waals surface area contributed by atoms with Crippen molar-refractivity contribution >= 4 is 17.0 Å². The van der Waals surface area contributed by atoms with Crippen LogP contribution >= 0.6 is 17.0 Å². The lowest BCUT2D eigenvalue weighted by molar-refractivity contribution is 0.172. The molecule has 66 valence electrons. The van der Waals surface area contributed by atoms with Gasteiger partial charge in [-0.2, -0.15) is 0 Å². The molecule has 0 amide bonds. The Balaban J connectivity index is 0.000000720. The fourth-order valence-corrected chi connectivity index (χ4v) is 1.29. The number of halogens is 1. The van der Waals surface area contributed by atoms with Crippen molar-refractivity contribution in [3.63, 3.8) is 0 Å². The van der Waals surface area contributed by atoms with Crippen LogP contribution in [0, 0.1) is 0 Å². The van der Waals surface area contributed by atoms with Crippen LogP contribution in [0.3, 0.4) is 0 Å². The maximum atomic E-state index is 4.07. The number of likely N-dealkylation sites (tertiary alicyclic amines) is 1. The highest BCUT2D eigenvalue weighted by Crippen LogP contribution is 2.10. The zero-order valence-corrected chi connectivity index (χ0v) is 8.65. The summed E-state index contributed by atoms with van der Waals surface area (Å²) in [6.07, 6.45) is 5.12. The Morgan fingerprint density at radius 1 is 1.42 bits per heavy atom. The van der Waals surface area contributed by atoms with Crippen LogP contribution in [-0.2, 0) is 6.54 Å². The molecule has 1 aromatic rings. The molecule has 0 aromatic carbocycles. The largest absolute Gasteiger partial charge is 0.299 e. The molecule has 1 fully saturated rings. The topological polar surface area (TPSA) is 16.1 Å². The van der Waals surface area contributed by atoms with E-state index in [1.807, 2.05) is 18.5 Å². The van der Waals surface area contributed by atoms with Crippen LogP contribution in [0.2, 0.25) is 0 Å². The van der Waals surface area contributed by atoms with Crippen LogP contribution in [0.1, 0.15) is 12.0 Å². The summed E-state index contributed by atoms with van der Waals surface area (Å²) in [6.45, 7) is 3.59. The van der Waals surface area contributed by atoms with Crippen molar-refractivity contribution in [1.29, 1.82) is 0 Å². The molecular weight excluding hydrogens is 216 g/mol. The van der Waals surface area contributed by atoms with Crippen LogP contribution in [0.25, 0.3) is 0 Å². The number of hydrogen-bond donors (Lipinski definition) is 0. The van der Waals surface area contributed by atoms with Gasteiger partial charge in [0, 0.05) is 18.9 Å². The summed E-state index contributed by atoms with van der Waals surface area (Å²) >= 11 is 0. The number of rotatable bonds is 2. The maximum absolute atomic E-state index is 4.07. The molecule has 0 unspecified atom stereocenters. The summed E-state index contributed by atoms with van der Waals surface area (Å²) in [5.41, 5.74) is 1.33. The molecule has 2 heterocycles. The average Bonchev–Trinajstić information content (AvgIpc) is 1.99. The van der Waals surface area contributed by atoms with E-state index < -0.39 is 0 Å². The molecule has 1 aromatic heterocycles. The molecule has 0 aliphatic carbocycles. The smallest absolute Gasteiger partial charge is 0.0312 e. The van der Waals surface area contributed by atoms with Gasteiger partial charge in [-0.3, -0.25) is 9.88 Å². The van der Waals surface area contributed by atoms with Crippen molar-refractivity contribution in [2.45, 2.75) is 13.0 Å².